The molecule has 20 rings (SSSR count). The third-order valence-electron chi connectivity index (χ3n) is 33.4. The normalized spacial score (nSPS) is 17.4. The van der Waals surface area contributed by atoms with Crippen LogP contribution in [0.2, 0.25) is 0 Å². The molecular formula is C142H156N4. The highest BCUT2D eigenvalue weighted by molar-refractivity contribution is 5.97. The largest absolute Gasteiger partial charge is 0.310 e. The first-order valence-electron chi connectivity index (χ1n) is 53.5. The highest BCUT2D eigenvalue weighted by atomic mass is 15.2. The van der Waals surface area contributed by atoms with Gasteiger partial charge in [-0.3, -0.25) is 0 Å². The van der Waals surface area contributed by atoms with Crippen LogP contribution in [-0.4, -0.2) is 0 Å². The second-order valence-corrected chi connectivity index (χ2v) is 53.1. The summed E-state index contributed by atoms with van der Waals surface area (Å²) in [5.41, 5.74) is 43.3. The Morgan fingerprint density at radius 1 is 0.137 bits per heavy atom. The number of hydrogen-bond acceptors (Lipinski definition) is 4. The molecule has 16 aromatic rings. The Bertz CT molecular complexity index is 6900. The molecule has 0 amide bonds. The van der Waals surface area contributed by atoms with Gasteiger partial charge in [0.1, 0.15) is 0 Å². The minimum absolute atomic E-state index is 0.0309. The van der Waals surface area contributed by atoms with Crippen LogP contribution in [0.4, 0.5) is 68.2 Å². The van der Waals surface area contributed by atoms with E-state index in [1.165, 1.54) is 134 Å². The van der Waals surface area contributed by atoms with E-state index in [0.29, 0.717) is 0 Å². The van der Waals surface area contributed by atoms with Gasteiger partial charge in [0.05, 0.1) is 0 Å². The van der Waals surface area contributed by atoms with Gasteiger partial charge >= 0.3 is 0 Å². The average molecular weight is 1920 g/mol. The van der Waals surface area contributed by atoms with Gasteiger partial charge in [-0.2, -0.15) is 0 Å². The fraction of sp³-hybridized carbons (Fsp3) is 0.324. The van der Waals surface area contributed by atoms with Crippen molar-refractivity contribution in [1.29, 1.82) is 0 Å². The molecule has 4 nitrogen and oxygen atoms in total. The Balaban J connectivity index is 0.000000185. The van der Waals surface area contributed by atoms with Gasteiger partial charge in [0.2, 0.25) is 0 Å². The zero-order chi connectivity index (χ0) is 105. The molecule has 0 spiro atoms. The first-order chi connectivity index (χ1) is 68.5. The number of fused-ring (bicyclic) bond motifs is 12. The minimum atomic E-state index is -0.592. The van der Waals surface area contributed by atoms with Gasteiger partial charge in [-0.15, -0.1) is 0 Å². The molecule has 16 aromatic carbocycles. The van der Waals surface area contributed by atoms with Crippen molar-refractivity contribution in [2.24, 2.45) is 10.8 Å². The molecule has 0 saturated heterocycles. The summed E-state index contributed by atoms with van der Waals surface area (Å²) in [5.74, 6) is 0. The maximum atomic E-state index is 2.60. The van der Waals surface area contributed by atoms with Gasteiger partial charge in [0, 0.05) is 89.9 Å². The zero-order valence-corrected chi connectivity index (χ0v) is 93.4. The number of rotatable bonds is 14. The molecule has 4 aliphatic carbocycles. The van der Waals surface area contributed by atoms with Crippen LogP contribution < -0.4 is 19.6 Å². The van der Waals surface area contributed by atoms with Gasteiger partial charge in [0.15, 0.2) is 0 Å². The smallest absolute Gasteiger partial charge is 0.0465 e. The Morgan fingerprint density at radius 3 is 0.445 bits per heavy atom. The number of anilines is 12. The molecule has 146 heavy (non-hydrogen) atoms. The topological polar surface area (TPSA) is 13.0 Å². The van der Waals surface area contributed by atoms with Crippen LogP contribution in [0.25, 0.3) is 44.5 Å². The Hall–Kier alpha value is -13.3. The molecule has 0 saturated carbocycles. The number of nitrogens with zero attached hydrogens (tertiary/aromatic N) is 4. The first kappa shape index (κ1) is 101. The summed E-state index contributed by atoms with van der Waals surface area (Å²) in [4.78, 5) is 9.93. The van der Waals surface area contributed by atoms with Crippen molar-refractivity contribution >= 4 is 68.2 Å². The summed E-state index contributed by atoms with van der Waals surface area (Å²) in [5, 5.41) is 0. The summed E-state index contributed by atoms with van der Waals surface area (Å²) in [6.45, 7) is 75.3. The van der Waals surface area contributed by atoms with Crippen molar-refractivity contribution in [1.82, 2.24) is 0 Å². The van der Waals surface area contributed by atoms with E-state index < -0.39 is 21.7 Å². The van der Waals surface area contributed by atoms with E-state index in [4.69, 9.17) is 0 Å². The predicted octanol–water partition coefficient (Wildman–Crippen LogP) is 40.2. The van der Waals surface area contributed by atoms with Crippen molar-refractivity contribution in [2.75, 3.05) is 19.6 Å². The highest BCUT2D eigenvalue weighted by Gasteiger charge is 2.71. The van der Waals surface area contributed by atoms with E-state index in [2.05, 4.69) is 605 Å². The molecule has 0 radical (unpaired) electrons. The van der Waals surface area contributed by atoms with Crippen LogP contribution in [0, 0.1) is 10.8 Å². The predicted molar refractivity (Wildman–Crippen MR) is 629 cm³/mol. The fourth-order valence-corrected chi connectivity index (χ4v) is 25.4. The second kappa shape index (κ2) is 35.8. The SMILES string of the molecule is CC(C)(C)c1ccc(N(c2ccc(C(C)(C)C)cc2)c2ccc3c(c2)C(C(C)(C)C)(C2(C(C)(C)C)c4ccccc4-c4ccc(N(c5ccc(C(C)(C)C)cc5)c5ccc(C(C)(C)C)cc5)cc42)c2ccccc2-3)cc1.CC(C)(C)c1ccc(N(c2ccc(C(C)(C)C)cc2)c2ccc3c(c2)C(C)(C2(C)c4ccccc4-c4ccc(N(c5ccc(C(C)(C)C)cc5)c5ccc(C(C)(C)C)cc5)cc42)c2ccccc2-3)cc1. The van der Waals surface area contributed by atoms with Gasteiger partial charge in [-0.1, -0.05) is 440 Å². The number of benzene rings is 16. The van der Waals surface area contributed by atoms with E-state index in [0.717, 1.165) is 68.2 Å². The molecule has 0 heterocycles. The summed E-state index contributed by atoms with van der Waals surface area (Å²) < 4.78 is 0. The molecule has 4 atom stereocenters. The van der Waals surface area contributed by atoms with Gasteiger partial charge < -0.3 is 19.6 Å². The number of hydrogen-bond donors (Lipinski definition) is 0. The molecule has 0 aromatic heterocycles. The van der Waals surface area contributed by atoms with Crippen LogP contribution in [0.5, 0.6) is 0 Å². The lowest BCUT2D eigenvalue weighted by molar-refractivity contribution is 0.0594. The van der Waals surface area contributed by atoms with Crippen molar-refractivity contribution in [3.05, 3.63) is 453 Å². The van der Waals surface area contributed by atoms with Gasteiger partial charge in [-0.25, -0.2) is 0 Å². The monoisotopic (exact) mass is 1920 g/mol. The summed E-state index contributed by atoms with van der Waals surface area (Å²) >= 11 is 0. The third kappa shape index (κ3) is 17.1. The molecule has 0 bridgehead atoms. The first-order valence-corrected chi connectivity index (χ1v) is 53.5. The third-order valence-corrected chi connectivity index (χ3v) is 33.4. The summed E-state index contributed by atoms with van der Waals surface area (Å²) in [7, 11) is 0. The quantitative estimate of drug-likeness (QED) is 0.108. The van der Waals surface area contributed by atoms with E-state index in [1.807, 2.05) is 0 Å². The molecule has 4 heteroatoms. The Labute approximate surface area is 876 Å². The maximum absolute atomic E-state index is 2.60. The standard InChI is InChI=1S/C74H84N2.C68H72N2/c1-67(2,3)49-27-35-53(36-28-49)75(54-37-29-50(30-38-54)68(4,5)6)57-43-45-61-59-23-19-21-25-63(59)73(65(61)47-57,71(13,14)15)74(72(16,17)18)64-26-22-20-24-60(64)62-46-44-58(48-66(62)74)76(55-39-31-51(32-40-55)69(7,8)9)56-41-33-52(34-42-56)70(10,11)12;1-63(2,3)45-23-31-49(32-24-45)69(50-33-25-46(26-34-50)64(4,5)6)53-39-41-57-55-19-15-17-21-59(55)67(13,61(57)43-53)68(14)60-22-18-16-20-56(60)58-42-40-54(44-62(58)68)70(51-35-27-47(28-36-51)65(7,8)9)52-37-29-48(30-38-52)66(10,11)12/h19-48H,1-18H3;15-44H,1-14H3. The highest BCUT2D eigenvalue weighted by Crippen LogP contribution is 2.76. The minimum Gasteiger partial charge on any atom is -0.310 e. The van der Waals surface area contributed by atoms with Crippen molar-refractivity contribution < 1.29 is 0 Å². The van der Waals surface area contributed by atoms with E-state index >= 15 is 0 Å². The van der Waals surface area contributed by atoms with Crippen molar-refractivity contribution in [3.63, 3.8) is 0 Å². The van der Waals surface area contributed by atoms with Gasteiger partial charge in [-0.05, 0) is 333 Å². The van der Waals surface area contributed by atoms with Crippen LogP contribution in [0.3, 0.4) is 0 Å². The fourth-order valence-electron chi connectivity index (χ4n) is 25.4. The average Bonchev–Trinajstić information content (AvgIpc) is 1.47. The second-order valence-electron chi connectivity index (χ2n) is 53.1. The lowest BCUT2D eigenvalue weighted by atomic mass is 9.39. The van der Waals surface area contributed by atoms with Crippen molar-refractivity contribution in [3.8, 4) is 44.5 Å². The molecule has 4 aliphatic rings. The molecule has 0 aliphatic heterocycles. The van der Waals surface area contributed by atoms with E-state index in [1.54, 1.807) is 0 Å². The van der Waals surface area contributed by atoms with Crippen LogP contribution in [0.15, 0.2) is 364 Å². The zero-order valence-electron chi connectivity index (χ0n) is 93.4. The molecule has 0 fully saturated rings. The van der Waals surface area contributed by atoms with Crippen LogP contribution >= 0.6 is 0 Å². The van der Waals surface area contributed by atoms with E-state index in [-0.39, 0.29) is 54.1 Å². The lowest BCUT2D eigenvalue weighted by Crippen LogP contribution is -2.62. The Kier molecular flexibility index (Phi) is 24.9. The Morgan fingerprint density at radius 2 is 0.274 bits per heavy atom. The van der Waals surface area contributed by atoms with Gasteiger partial charge in [0.25, 0.3) is 0 Å². The molecule has 744 valence electrons. The van der Waals surface area contributed by atoms with Crippen LogP contribution in [0.1, 0.15) is 311 Å². The molecular weight excluding hydrogens is 1760 g/mol. The lowest BCUT2D eigenvalue weighted by Gasteiger charge is -2.62. The summed E-state index contributed by atoms with van der Waals surface area (Å²) in [6, 6.07) is 141. The molecule has 0 N–H and O–H groups in total. The molecule has 4 unspecified atom stereocenters. The van der Waals surface area contributed by atoms with E-state index in [9.17, 15) is 0 Å². The van der Waals surface area contributed by atoms with Crippen LogP contribution in [-0.2, 0) is 65.0 Å². The summed E-state index contributed by atoms with van der Waals surface area (Å²) in [6.07, 6.45) is 0. The maximum Gasteiger partial charge on any atom is 0.0465 e. The van der Waals surface area contributed by atoms with Crippen molar-refractivity contribution in [2.45, 2.75) is 287 Å².